The van der Waals surface area contributed by atoms with Gasteiger partial charge >= 0.3 is 5.97 Å². The molecule has 5 heteroatoms. The van der Waals surface area contributed by atoms with Crippen LogP contribution in [0.2, 0.25) is 0 Å². The standard InChI is InChI=1S/C20H24N2O2S/c1-3-8-16(4-2)22-19(20(23)24)14-25-12-7-9-15-13-21-18-11-6-5-10-17(15)18/h3-6,8,10-11,13,19,21-22H,1-2,7,9,12,14H2,(H,23,24)/b16-8+. The van der Waals surface area contributed by atoms with Gasteiger partial charge < -0.3 is 15.4 Å². The van der Waals surface area contributed by atoms with E-state index in [4.69, 9.17) is 0 Å². The van der Waals surface area contributed by atoms with Crippen LogP contribution in [-0.4, -0.2) is 33.6 Å². The number of rotatable bonds is 11. The number of nitrogens with one attached hydrogen (secondary N) is 2. The van der Waals surface area contributed by atoms with E-state index >= 15 is 0 Å². The molecule has 0 aliphatic heterocycles. The van der Waals surface area contributed by atoms with E-state index in [1.54, 1.807) is 30.0 Å². The summed E-state index contributed by atoms with van der Waals surface area (Å²) in [7, 11) is 0. The van der Waals surface area contributed by atoms with Crippen LogP contribution < -0.4 is 5.32 Å². The summed E-state index contributed by atoms with van der Waals surface area (Å²) in [5, 5.41) is 13.6. The summed E-state index contributed by atoms with van der Waals surface area (Å²) in [6.07, 6.45) is 8.97. The van der Waals surface area contributed by atoms with Crippen molar-refractivity contribution in [1.29, 1.82) is 0 Å². The second-order valence-corrected chi connectivity index (χ2v) is 6.78. The molecular formula is C20H24N2O2S. The predicted octanol–water partition coefficient (Wildman–Crippen LogP) is 4.13. The van der Waals surface area contributed by atoms with Crippen molar-refractivity contribution in [2.45, 2.75) is 18.9 Å². The largest absolute Gasteiger partial charge is 0.480 e. The van der Waals surface area contributed by atoms with Crippen LogP contribution in [0.1, 0.15) is 12.0 Å². The van der Waals surface area contributed by atoms with Gasteiger partial charge in [0.15, 0.2) is 0 Å². The topological polar surface area (TPSA) is 65.1 Å². The van der Waals surface area contributed by atoms with Gasteiger partial charge in [-0.1, -0.05) is 37.4 Å². The first kappa shape index (κ1) is 18.9. The minimum Gasteiger partial charge on any atom is -0.480 e. The van der Waals surface area contributed by atoms with Gasteiger partial charge in [-0.2, -0.15) is 11.8 Å². The number of hydrogen-bond acceptors (Lipinski definition) is 3. The van der Waals surface area contributed by atoms with Crippen LogP contribution in [-0.2, 0) is 11.2 Å². The van der Waals surface area contributed by atoms with Crippen LogP contribution in [0.3, 0.4) is 0 Å². The molecule has 1 aromatic carbocycles. The Bertz CT molecular complexity index is 764. The second-order valence-electron chi connectivity index (χ2n) is 5.63. The maximum atomic E-state index is 11.4. The SMILES string of the molecule is C=C/C=C(\C=C)NC(CSCCCc1c[nH]c2ccccc12)C(=O)O. The lowest BCUT2D eigenvalue weighted by Crippen LogP contribution is -2.37. The number of aromatic amines is 1. The van der Waals surface area contributed by atoms with E-state index in [0.717, 1.165) is 24.1 Å². The average Bonchev–Trinajstić information content (AvgIpc) is 3.02. The molecule has 0 aliphatic carbocycles. The molecule has 0 amide bonds. The van der Waals surface area contributed by atoms with Gasteiger partial charge in [0.25, 0.3) is 0 Å². The van der Waals surface area contributed by atoms with E-state index in [1.807, 2.05) is 12.1 Å². The third kappa shape index (κ3) is 5.57. The number of carbonyl (C=O) groups is 1. The smallest absolute Gasteiger partial charge is 0.326 e. The quantitative estimate of drug-likeness (QED) is 0.418. The van der Waals surface area contributed by atoms with Gasteiger partial charge in [0, 0.05) is 28.5 Å². The van der Waals surface area contributed by atoms with Crippen molar-refractivity contribution in [1.82, 2.24) is 10.3 Å². The van der Waals surface area contributed by atoms with Crippen LogP contribution in [0.4, 0.5) is 0 Å². The lowest BCUT2D eigenvalue weighted by molar-refractivity contribution is -0.138. The summed E-state index contributed by atoms with van der Waals surface area (Å²) in [4.78, 5) is 14.7. The molecule has 132 valence electrons. The number of carboxylic acid groups (broad SMARTS) is 1. The average molecular weight is 356 g/mol. The van der Waals surface area contributed by atoms with E-state index in [9.17, 15) is 9.90 Å². The Balaban J connectivity index is 1.78. The van der Waals surface area contributed by atoms with Gasteiger partial charge in [-0.05, 0) is 42.4 Å². The molecule has 0 fully saturated rings. The summed E-state index contributed by atoms with van der Waals surface area (Å²) in [6, 6.07) is 7.63. The number of allylic oxidation sites excluding steroid dienone is 3. The minimum absolute atomic E-state index is 0.505. The Labute approximate surface area is 152 Å². The highest BCUT2D eigenvalue weighted by Gasteiger charge is 2.17. The third-order valence-corrected chi connectivity index (χ3v) is 5.00. The maximum absolute atomic E-state index is 11.4. The monoisotopic (exact) mass is 356 g/mol. The lowest BCUT2D eigenvalue weighted by atomic mass is 10.1. The lowest BCUT2D eigenvalue weighted by Gasteiger charge is -2.15. The Morgan fingerprint density at radius 2 is 2.16 bits per heavy atom. The molecule has 3 N–H and O–H groups in total. The van der Waals surface area contributed by atoms with Crippen molar-refractivity contribution < 1.29 is 9.90 Å². The summed E-state index contributed by atoms with van der Waals surface area (Å²) in [5.41, 5.74) is 3.14. The van der Waals surface area contributed by atoms with E-state index in [1.165, 1.54) is 10.9 Å². The number of fused-ring (bicyclic) bond motifs is 1. The number of para-hydroxylation sites is 1. The van der Waals surface area contributed by atoms with Crippen molar-refractivity contribution in [3.8, 4) is 0 Å². The number of aromatic nitrogens is 1. The summed E-state index contributed by atoms with van der Waals surface area (Å²) in [5.74, 6) is 0.561. The highest BCUT2D eigenvalue weighted by atomic mass is 32.2. The Hall–Kier alpha value is -2.40. The molecule has 2 aromatic rings. The van der Waals surface area contributed by atoms with Crippen molar-refractivity contribution >= 4 is 28.6 Å². The summed E-state index contributed by atoms with van der Waals surface area (Å²) < 4.78 is 0. The third-order valence-electron chi connectivity index (χ3n) is 3.85. The van der Waals surface area contributed by atoms with E-state index in [0.29, 0.717) is 11.4 Å². The zero-order chi connectivity index (χ0) is 18.1. The first-order chi connectivity index (χ1) is 12.2. The van der Waals surface area contributed by atoms with Crippen molar-refractivity contribution in [3.05, 3.63) is 73.1 Å². The van der Waals surface area contributed by atoms with Crippen LogP contribution in [0.25, 0.3) is 10.9 Å². The first-order valence-corrected chi connectivity index (χ1v) is 9.38. The van der Waals surface area contributed by atoms with Crippen LogP contribution >= 0.6 is 11.8 Å². The number of carboxylic acids is 1. The second kappa shape index (κ2) is 9.79. The Morgan fingerprint density at radius 3 is 2.88 bits per heavy atom. The van der Waals surface area contributed by atoms with Gasteiger partial charge in [0.1, 0.15) is 6.04 Å². The number of benzene rings is 1. The maximum Gasteiger partial charge on any atom is 0.326 e. The highest BCUT2D eigenvalue weighted by molar-refractivity contribution is 7.99. The van der Waals surface area contributed by atoms with Gasteiger partial charge in [0.2, 0.25) is 0 Å². The molecule has 1 atom stereocenters. The molecule has 2 rings (SSSR count). The molecule has 0 saturated heterocycles. The summed E-state index contributed by atoms with van der Waals surface area (Å²) in [6.45, 7) is 7.29. The van der Waals surface area contributed by atoms with Crippen molar-refractivity contribution in [2.75, 3.05) is 11.5 Å². The van der Waals surface area contributed by atoms with E-state index in [2.05, 4.69) is 41.8 Å². The molecular weight excluding hydrogens is 332 g/mol. The molecule has 0 spiro atoms. The zero-order valence-corrected chi connectivity index (χ0v) is 15.0. The number of thioether (sulfide) groups is 1. The number of aliphatic carboxylic acids is 1. The predicted molar refractivity (Wildman–Crippen MR) is 107 cm³/mol. The van der Waals surface area contributed by atoms with Gasteiger partial charge in [-0.25, -0.2) is 4.79 Å². The van der Waals surface area contributed by atoms with E-state index in [-0.39, 0.29) is 0 Å². The normalized spacial score (nSPS) is 12.7. The molecule has 1 heterocycles. The fraction of sp³-hybridized carbons (Fsp3) is 0.250. The number of aryl methyl sites for hydroxylation is 1. The Kier molecular flexibility index (Phi) is 7.41. The van der Waals surface area contributed by atoms with Crippen LogP contribution in [0.15, 0.2) is 67.5 Å². The molecule has 25 heavy (non-hydrogen) atoms. The van der Waals surface area contributed by atoms with Crippen LogP contribution in [0, 0.1) is 0 Å². The van der Waals surface area contributed by atoms with Gasteiger partial charge in [-0.3, -0.25) is 0 Å². The molecule has 0 saturated carbocycles. The molecule has 0 aliphatic rings. The van der Waals surface area contributed by atoms with Gasteiger partial charge in [-0.15, -0.1) is 0 Å². The number of hydrogen-bond donors (Lipinski definition) is 3. The van der Waals surface area contributed by atoms with Gasteiger partial charge in [0.05, 0.1) is 0 Å². The molecule has 1 unspecified atom stereocenters. The first-order valence-electron chi connectivity index (χ1n) is 8.23. The fourth-order valence-corrected chi connectivity index (χ4v) is 3.56. The molecule has 0 bridgehead atoms. The van der Waals surface area contributed by atoms with Crippen molar-refractivity contribution in [2.24, 2.45) is 0 Å². The van der Waals surface area contributed by atoms with E-state index < -0.39 is 12.0 Å². The number of H-pyrrole nitrogens is 1. The van der Waals surface area contributed by atoms with Crippen molar-refractivity contribution in [3.63, 3.8) is 0 Å². The zero-order valence-electron chi connectivity index (χ0n) is 14.2. The molecule has 1 aromatic heterocycles. The fourth-order valence-electron chi connectivity index (χ4n) is 2.58. The minimum atomic E-state index is -0.860. The highest BCUT2D eigenvalue weighted by Crippen LogP contribution is 2.20. The summed E-state index contributed by atoms with van der Waals surface area (Å²) >= 11 is 1.65. The Morgan fingerprint density at radius 1 is 1.36 bits per heavy atom. The molecule has 0 radical (unpaired) electrons. The molecule has 4 nitrogen and oxygen atoms in total. The van der Waals surface area contributed by atoms with Crippen LogP contribution in [0.5, 0.6) is 0 Å².